The lowest BCUT2D eigenvalue weighted by molar-refractivity contribution is 0.0682. The van der Waals surface area contributed by atoms with Gasteiger partial charge < -0.3 is 14.3 Å². The van der Waals surface area contributed by atoms with Gasteiger partial charge in [-0.05, 0) is 42.5 Å². The molecule has 0 atom stereocenters. The first-order valence-corrected chi connectivity index (χ1v) is 12.5. The Hall–Kier alpha value is -3.58. The van der Waals surface area contributed by atoms with Crippen LogP contribution in [0.15, 0.2) is 82.8 Å². The number of carbonyl (C=O) groups excluding carboxylic acids is 1. The number of aromatic amines is 1. The fourth-order valence-electron chi connectivity index (χ4n) is 4.88. The second-order valence-corrected chi connectivity index (χ2v) is 9.52. The number of aromatic nitrogens is 3. The number of carbonyl (C=O) groups is 1. The molecule has 0 unspecified atom stereocenters. The molecule has 0 radical (unpaired) electrons. The number of nitrogens with one attached hydrogen (secondary N) is 1. The molecule has 170 valence electrons. The zero-order valence-corrected chi connectivity index (χ0v) is 19.4. The summed E-state index contributed by atoms with van der Waals surface area (Å²) in [5.74, 6) is 1.43. The topological polar surface area (TPSA) is 75.0 Å². The summed E-state index contributed by atoms with van der Waals surface area (Å²) in [4.78, 5) is 27.5. The first-order valence-electron chi connectivity index (χ1n) is 11.5. The molecular weight excluding hydrogens is 444 g/mol. The minimum absolute atomic E-state index is 0.0295. The summed E-state index contributed by atoms with van der Waals surface area (Å²) in [6.45, 7) is 1.43. The fourth-order valence-corrected chi connectivity index (χ4v) is 5.71. The second kappa shape index (κ2) is 8.99. The van der Waals surface area contributed by atoms with Crippen LogP contribution in [0, 0.1) is 0 Å². The highest BCUT2D eigenvalue weighted by Crippen LogP contribution is 2.35. The van der Waals surface area contributed by atoms with E-state index in [2.05, 4.69) is 45.4 Å². The number of rotatable bonds is 5. The highest BCUT2D eigenvalue weighted by molar-refractivity contribution is 7.98. The van der Waals surface area contributed by atoms with Crippen molar-refractivity contribution in [3.63, 3.8) is 0 Å². The van der Waals surface area contributed by atoms with Crippen molar-refractivity contribution in [2.24, 2.45) is 0 Å². The zero-order valence-electron chi connectivity index (χ0n) is 18.6. The van der Waals surface area contributed by atoms with Crippen LogP contribution in [0.3, 0.4) is 0 Å². The Labute approximate surface area is 201 Å². The number of hydrogen-bond donors (Lipinski definition) is 1. The smallest absolute Gasteiger partial charge is 0.289 e. The quantitative estimate of drug-likeness (QED) is 0.252. The molecule has 1 saturated heterocycles. The van der Waals surface area contributed by atoms with Crippen molar-refractivity contribution in [3.8, 4) is 0 Å². The molecule has 5 aromatic rings. The molecule has 4 heterocycles. The molecule has 3 aromatic heterocycles. The van der Waals surface area contributed by atoms with E-state index < -0.39 is 0 Å². The van der Waals surface area contributed by atoms with Crippen molar-refractivity contribution in [2.75, 3.05) is 13.1 Å². The highest BCUT2D eigenvalue weighted by Gasteiger charge is 2.30. The van der Waals surface area contributed by atoms with Gasteiger partial charge >= 0.3 is 0 Å². The summed E-state index contributed by atoms with van der Waals surface area (Å²) in [7, 11) is 0. The third-order valence-corrected chi connectivity index (χ3v) is 7.53. The normalized spacial score (nSPS) is 14.8. The van der Waals surface area contributed by atoms with Crippen molar-refractivity contribution in [1.29, 1.82) is 0 Å². The Kier molecular flexibility index (Phi) is 5.55. The van der Waals surface area contributed by atoms with Crippen molar-refractivity contribution < 1.29 is 9.21 Å². The molecule has 1 aliphatic rings. The maximum atomic E-state index is 13.6. The number of piperidine rings is 1. The number of nitrogens with zero attached hydrogens (tertiary/aromatic N) is 3. The standard InChI is InChI=1S/C27H24N4O2S/c32-26(31-14-10-18(11-15-31)21-16-30-23-8-3-1-6-19(21)23)25-22(17-34-27-28-12-5-13-29-27)20-7-2-4-9-24(20)33-25/h1-9,12-13,16,18,30H,10-11,14-15,17H2. The number of thioether (sulfide) groups is 1. The largest absolute Gasteiger partial charge is 0.451 e. The summed E-state index contributed by atoms with van der Waals surface area (Å²) in [5, 5.41) is 2.95. The van der Waals surface area contributed by atoms with Crippen LogP contribution >= 0.6 is 11.8 Å². The van der Waals surface area contributed by atoms with Gasteiger partial charge in [-0.15, -0.1) is 0 Å². The van der Waals surface area contributed by atoms with Crippen molar-refractivity contribution >= 4 is 39.5 Å². The van der Waals surface area contributed by atoms with Crippen LogP contribution in [-0.2, 0) is 5.75 Å². The van der Waals surface area contributed by atoms with Crippen LogP contribution in [0.2, 0.25) is 0 Å². The SMILES string of the molecule is O=C(c1oc2ccccc2c1CSc1ncccn1)N1CCC(c2c[nH]c3ccccc23)CC1. The van der Waals surface area contributed by atoms with Crippen LogP contribution in [0.1, 0.15) is 40.4 Å². The van der Waals surface area contributed by atoms with Gasteiger partial charge in [0.15, 0.2) is 10.9 Å². The first kappa shape index (κ1) is 21.0. The number of para-hydroxylation sites is 2. The summed E-state index contributed by atoms with van der Waals surface area (Å²) in [6, 6.07) is 18.1. The van der Waals surface area contributed by atoms with Crippen molar-refractivity contribution in [1.82, 2.24) is 19.9 Å². The van der Waals surface area contributed by atoms with Crippen LogP contribution < -0.4 is 0 Å². The Morgan fingerprint density at radius 2 is 1.74 bits per heavy atom. The molecule has 0 spiro atoms. The van der Waals surface area contributed by atoms with Crippen molar-refractivity contribution in [3.05, 3.63) is 90.1 Å². The number of likely N-dealkylation sites (tertiary alicyclic amines) is 1. The predicted molar refractivity (Wildman–Crippen MR) is 134 cm³/mol. The van der Waals surface area contributed by atoms with Gasteiger partial charge in [-0.25, -0.2) is 9.97 Å². The molecule has 1 amide bonds. The van der Waals surface area contributed by atoms with E-state index in [0.29, 0.717) is 35.7 Å². The highest BCUT2D eigenvalue weighted by atomic mass is 32.2. The minimum Gasteiger partial charge on any atom is -0.451 e. The van der Waals surface area contributed by atoms with E-state index in [-0.39, 0.29) is 5.91 Å². The maximum Gasteiger partial charge on any atom is 0.289 e. The van der Waals surface area contributed by atoms with Gasteiger partial charge in [-0.3, -0.25) is 4.79 Å². The average Bonchev–Trinajstić information content (AvgIpc) is 3.49. The number of fused-ring (bicyclic) bond motifs is 2. The molecule has 6 nitrogen and oxygen atoms in total. The van der Waals surface area contributed by atoms with Gasteiger partial charge in [-0.2, -0.15) is 0 Å². The number of hydrogen-bond acceptors (Lipinski definition) is 5. The van der Waals surface area contributed by atoms with E-state index in [0.717, 1.165) is 29.4 Å². The maximum absolute atomic E-state index is 13.6. The van der Waals surface area contributed by atoms with Crippen molar-refractivity contribution in [2.45, 2.75) is 29.7 Å². The Morgan fingerprint density at radius 1 is 1.00 bits per heavy atom. The van der Waals surface area contributed by atoms with Gasteiger partial charge in [0.2, 0.25) is 0 Å². The lowest BCUT2D eigenvalue weighted by Gasteiger charge is -2.31. The molecule has 0 bridgehead atoms. The first-order chi connectivity index (χ1) is 16.8. The van der Waals surface area contributed by atoms with E-state index in [4.69, 9.17) is 4.42 Å². The fraction of sp³-hybridized carbons (Fsp3) is 0.222. The minimum atomic E-state index is -0.0295. The van der Waals surface area contributed by atoms with Gasteiger partial charge in [0, 0.05) is 59.3 Å². The monoisotopic (exact) mass is 468 g/mol. The van der Waals surface area contributed by atoms with E-state index in [1.165, 1.54) is 28.2 Å². The third kappa shape index (κ3) is 3.86. The molecule has 1 fully saturated rings. The summed E-state index contributed by atoms with van der Waals surface area (Å²) in [5.41, 5.74) is 4.18. The average molecular weight is 469 g/mol. The number of amides is 1. The number of H-pyrrole nitrogens is 1. The molecule has 1 N–H and O–H groups in total. The lowest BCUT2D eigenvalue weighted by atomic mass is 9.89. The Bertz CT molecular complexity index is 1450. The Balaban J connectivity index is 1.22. The Morgan fingerprint density at radius 3 is 2.56 bits per heavy atom. The van der Waals surface area contributed by atoms with E-state index >= 15 is 0 Å². The molecule has 1 aliphatic heterocycles. The second-order valence-electron chi connectivity index (χ2n) is 8.58. The van der Waals surface area contributed by atoms with Crippen LogP contribution in [-0.4, -0.2) is 38.8 Å². The van der Waals surface area contributed by atoms with Gasteiger partial charge in [-0.1, -0.05) is 48.2 Å². The molecule has 0 saturated carbocycles. The predicted octanol–water partition coefficient (Wildman–Crippen LogP) is 6.02. The van der Waals surface area contributed by atoms with Crippen LogP contribution in [0.5, 0.6) is 0 Å². The molecule has 7 heteroatoms. The molecule has 6 rings (SSSR count). The van der Waals surface area contributed by atoms with Gasteiger partial charge in [0.1, 0.15) is 5.58 Å². The summed E-state index contributed by atoms with van der Waals surface area (Å²) in [6.07, 6.45) is 7.47. The third-order valence-electron chi connectivity index (χ3n) is 6.62. The molecule has 2 aromatic carbocycles. The van der Waals surface area contributed by atoms with E-state index in [9.17, 15) is 4.79 Å². The summed E-state index contributed by atoms with van der Waals surface area (Å²) >= 11 is 1.51. The summed E-state index contributed by atoms with van der Waals surface area (Å²) < 4.78 is 6.11. The van der Waals surface area contributed by atoms with Crippen LogP contribution in [0.4, 0.5) is 0 Å². The number of benzene rings is 2. The van der Waals surface area contributed by atoms with Crippen LogP contribution in [0.25, 0.3) is 21.9 Å². The van der Waals surface area contributed by atoms with E-state index in [1.54, 1.807) is 18.5 Å². The van der Waals surface area contributed by atoms with Gasteiger partial charge in [0.25, 0.3) is 5.91 Å². The number of furan rings is 1. The molecular formula is C27H24N4O2S. The lowest BCUT2D eigenvalue weighted by Crippen LogP contribution is -2.38. The zero-order chi connectivity index (χ0) is 22.9. The molecule has 0 aliphatic carbocycles. The van der Waals surface area contributed by atoms with Gasteiger partial charge in [0.05, 0.1) is 0 Å². The molecule has 34 heavy (non-hydrogen) atoms. The van der Waals surface area contributed by atoms with E-state index in [1.807, 2.05) is 29.2 Å².